The highest BCUT2D eigenvalue weighted by atomic mass is 32.1. The number of pyridine rings is 1. The minimum atomic E-state index is -0.828. The second-order valence-electron chi connectivity index (χ2n) is 16.3. The van der Waals surface area contributed by atoms with Crippen LogP contribution in [0.25, 0.3) is 32.0 Å². The minimum Gasteiger partial charge on any atom is -0.493 e. The number of nitrogens with zero attached hydrogens (tertiary/aromatic N) is 4. The first-order valence-electron chi connectivity index (χ1n) is 19.1. The number of hydrogen-bond acceptors (Lipinski definition) is 9. The van der Waals surface area contributed by atoms with Crippen molar-refractivity contribution >= 4 is 33.3 Å². The summed E-state index contributed by atoms with van der Waals surface area (Å²) in [7, 11) is 0. The summed E-state index contributed by atoms with van der Waals surface area (Å²) in [5.41, 5.74) is 6.35. The SMILES string of the molecule is CC(C)(C)O.Cc1cc2nc3sc2c(c1CC(=O)O)-c1ccc2c(c1)C(CCCCC(C)CC1CN(C4COC4)CCN1c1cccc-3n1)CCO2. The maximum Gasteiger partial charge on any atom is 0.307 e. The van der Waals surface area contributed by atoms with Gasteiger partial charge in [-0.15, -0.1) is 11.3 Å². The molecule has 2 fully saturated rings. The number of aliphatic carboxylic acids is 1. The molecular formula is C42H54N4O5S. The molecule has 52 heavy (non-hydrogen) atoms. The molecule has 8 rings (SSSR count). The van der Waals surface area contributed by atoms with Gasteiger partial charge in [0, 0.05) is 31.2 Å². The van der Waals surface area contributed by atoms with Gasteiger partial charge in [-0.2, -0.15) is 0 Å². The third kappa shape index (κ3) is 8.30. The third-order valence-electron chi connectivity index (χ3n) is 10.9. The highest BCUT2D eigenvalue weighted by Crippen LogP contribution is 2.45. The van der Waals surface area contributed by atoms with E-state index in [0.29, 0.717) is 23.9 Å². The Hall–Kier alpha value is -3.57. The maximum absolute atomic E-state index is 12.2. The van der Waals surface area contributed by atoms with E-state index in [4.69, 9.17) is 24.5 Å². The Labute approximate surface area is 312 Å². The predicted octanol–water partition coefficient (Wildman–Crippen LogP) is 8.09. The topological polar surface area (TPSA) is 108 Å². The van der Waals surface area contributed by atoms with Crippen molar-refractivity contribution < 1.29 is 24.5 Å². The molecule has 4 aromatic rings. The Balaban J connectivity index is 0.000000789. The maximum atomic E-state index is 12.2. The zero-order chi connectivity index (χ0) is 36.6. The number of carbonyl (C=O) groups is 1. The van der Waals surface area contributed by atoms with E-state index in [1.54, 1.807) is 32.1 Å². The lowest BCUT2D eigenvalue weighted by atomic mass is 9.84. The van der Waals surface area contributed by atoms with E-state index in [-0.39, 0.29) is 6.42 Å². The van der Waals surface area contributed by atoms with Crippen LogP contribution in [-0.2, 0) is 16.0 Å². The monoisotopic (exact) mass is 726 g/mol. The first-order valence-corrected chi connectivity index (χ1v) is 19.9. The predicted molar refractivity (Wildman–Crippen MR) is 209 cm³/mol. The van der Waals surface area contributed by atoms with Gasteiger partial charge in [0.15, 0.2) is 0 Å². The molecule has 0 radical (unpaired) electrons. The average Bonchev–Trinajstić information content (AvgIpc) is 3.48. The minimum absolute atomic E-state index is 0.0341. The van der Waals surface area contributed by atoms with Crippen LogP contribution in [0.2, 0.25) is 0 Å². The van der Waals surface area contributed by atoms with Crippen LogP contribution in [0.3, 0.4) is 0 Å². The Morgan fingerprint density at radius 1 is 1.02 bits per heavy atom. The second-order valence-corrected chi connectivity index (χ2v) is 17.3. The lowest BCUT2D eigenvalue weighted by Crippen LogP contribution is -2.60. The number of thiazole rings is 1. The largest absolute Gasteiger partial charge is 0.493 e. The van der Waals surface area contributed by atoms with Crippen molar-refractivity contribution in [3.63, 3.8) is 0 Å². The Morgan fingerprint density at radius 3 is 2.56 bits per heavy atom. The van der Waals surface area contributed by atoms with Gasteiger partial charge in [0.2, 0.25) is 0 Å². The Kier molecular flexibility index (Phi) is 10.9. The summed E-state index contributed by atoms with van der Waals surface area (Å²) in [6.45, 7) is 15.1. The molecule has 6 bridgehead atoms. The number of fused-ring (bicyclic) bond motifs is 8. The number of anilines is 1. The van der Waals surface area contributed by atoms with Gasteiger partial charge in [0.1, 0.15) is 22.3 Å². The zero-order valence-corrected chi connectivity index (χ0v) is 32.2. The van der Waals surface area contributed by atoms with Crippen LogP contribution in [0.5, 0.6) is 5.75 Å². The molecule has 2 aromatic carbocycles. The molecule has 6 heterocycles. The van der Waals surface area contributed by atoms with Gasteiger partial charge in [0.05, 0.1) is 48.1 Å². The molecule has 2 saturated heterocycles. The molecule has 0 amide bonds. The fourth-order valence-electron chi connectivity index (χ4n) is 8.27. The molecule has 2 N–H and O–H groups in total. The van der Waals surface area contributed by atoms with Crippen molar-refractivity contribution in [2.75, 3.05) is 44.4 Å². The van der Waals surface area contributed by atoms with Gasteiger partial charge in [-0.1, -0.05) is 38.3 Å². The summed E-state index contributed by atoms with van der Waals surface area (Å²) < 4.78 is 12.7. The van der Waals surface area contributed by atoms with Gasteiger partial charge in [-0.3, -0.25) is 9.69 Å². The van der Waals surface area contributed by atoms with Crippen LogP contribution in [0.4, 0.5) is 5.82 Å². The molecule has 9 nitrogen and oxygen atoms in total. The summed E-state index contributed by atoms with van der Waals surface area (Å²) in [6.07, 6.45) is 6.91. The number of aromatic nitrogens is 2. The van der Waals surface area contributed by atoms with E-state index in [1.165, 1.54) is 24.8 Å². The van der Waals surface area contributed by atoms with Crippen LogP contribution < -0.4 is 9.64 Å². The molecule has 0 spiro atoms. The fourth-order valence-corrected chi connectivity index (χ4v) is 9.37. The third-order valence-corrected chi connectivity index (χ3v) is 12.0. The van der Waals surface area contributed by atoms with Crippen molar-refractivity contribution in [2.45, 2.75) is 103 Å². The van der Waals surface area contributed by atoms with Gasteiger partial charge < -0.3 is 24.6 Å². The number of carboxylic acids is 1. The summed E-state index contributed by atoms with van der Waals surface area (Å²) in [5, 5.41) is 19.4. The van der Waals surface area contributed by atoms with Crippen LogP contribution in [0, 0.1) is 12.8 Å². The van der Waals surface area contributed by atoms with Gasteiger partial charge in [0.25, 0.3) is 0 Å². The Bertz CT molecular complexity index is 1890. The number of aryl methyl sites for hydroxylation is 1. The van der Waals surface area contributed by atoms with Gasteiger partial charge in [-0.05, 0) is 111 Å². The summed E-state index contributed by atoms with van der Waals surface area (Å²) in [6, 6.07) is 15.8. The van der Waals surface area contributed by atoms with Gasteiger partial charge >= 0.3 is 5.97 Å². The smallest absolute Gasteiger partial charge is 0.307 e. The van der Waals surface area contributed by atoms with Crippen molar-refractivity contribution in [2.24, 2.45) is 5.92 Å². The molecule has 0 aliphatic carbocycles. The Morgan fingerprint density at radius 2 is 1.81 bits per heavy atom. The molecule has 4 aliphatic rings. The second kappa shape index (κ2) is 15.4. The molecule has 3 unspecified atom stereocenters. The molecular weight excluding hydrogens is 673 g/mol. The van der Waals surface area contributed by atoms with Crippen LogP contribution in [-0.4, -0.2) is 88.2 Å². The molecule has 2 aromatic heterocycles. The first-order chi connectivity index (χ1) is 24.9. The standard InChI is InChI=1S/C38H44N4O4S.C4H10O/c1-23-6-3-4-7-25-12-15-46-33-11-10-26(18-30(25)33)36-29(19-35(43)44)24(2)17-32-37(36)47-38(40-32)31-8-5-9-34(39-31)42-14-13-41(20-27(42)16-23)28-21-45-22-28;1-4(2,3)5/h5,8-11,17-18,23,25,27-28H,3-4,6-7,12-16,19-22H2,1-2H3,(H,43,44);5H,1-3H3. The average molecular weight is 727 g/mol. The molecule has 10 heteroatoms. The summed E-state index contributed by atoms with van der Waals surface area (Å²) in [4.78, 5) is 27.8. The number of carboxylic acid groups (broad SMARTS) is 1. The highest BCUT2D eigenvalue weighted by Gasteiger charge is 2.35. The normalized spacial score (nSPS) is 22.6. The first kappa shape index (κ1) is 36.8. The summed E-state index contributed by atoms with van der Waals surface area (Å²) in [5.74, 6) is 2.22. The number of aliphatic hydroxyl groups is 1. The number of hydrogen-bond donors (Lipinski definition) is 2. The van der Waals surface area contributed by atoms with E-state index in [9.17, 15) is 9.90 Å². The van der Waals surface area contributed by atoms with E-state index in [2.05, 4.69) is 59.2 Å². The van der Waals surface area contributed by atoms with Crippen LogP contribution >= 0.6 is 11.3 Å². The number of rotatable bonds is 3. The number of benzene rings is 2. The molecule has 4 aliphatic heterocycles. The zero-order valence-electron chi connectivity index (χ0n) is 31.4. The molecule has 278 valence electrons. The summed E-state index contributed by atoms with van der Waals surface area (Å²) >= 11 is 1.62. The van der Waals surface area contributed by atoms with E-state index in [0.717, 1.165) is 113 Å². The number of ether oxygens (including phenoxy) is 2. The lowest BCUT2D eigenvalue weighted by Gasteiger charge is -2.47. The van der Waals surface area contributed by atoms with Crippen molar-refractivity contribution in [1.82, 2.24) is 14.9 Å². The van der Waals surface area contributed by atoms with E-state index < -0.39 is 11.6 Å². The lowest BCUT2D eigenvalue weighted by molar-refractivity contribution is -0.136. The molecule has 0 saturated carbocycles. The van der Waals surface area contributed by atoms with Crippen molar-refractivity contribution in [3.8, 4) is 27.6 Å². The number of piperazine rings is 1. The highest BCUT2D eigenvalue weighted by molar-refractivity contribution is 7.22. The van der Waals surface area contributed by atoms with E-state index >= 15 is 0 Å². The van der Waals surface area contributed by atoms with Crippen LogP contribution in [0.1, 0.15) is 88.8 Å². The van der Waals surface area contributed by atoms with E-state index in [1.807, 2.05) is 6.92 Å². The van der Waals surface area contributed by atoms with Crippen LogP contribution in [0.15, 0.2) is 42.5 Å². The van der Waals surface area contributed by atoms with Gasteiger partial charge in [-0.25, -0.2) is 9.97 Å². The molecule has 3 atom stereocenters. The van der Waals surface area contributed by atoms with Crippen molar-refractivity contribution in [1.29, 1.82) is 0 Å². The van der Waals surface area contributed by atoms with Crippen molar-refractivity contribution in [3.05, 3.63) is 59.2 Å². The fraction of sp³-hybridized carbons (Fsp3) is 0.548. The quantitative estimate of drug-likeness (QED) is 0.217.